The van der Waals surface area contributed by atoms with E-state index in [1.807, 2.05) is 0 Å². The number of carbonyl (C=O) groups is 1. The molecule has 15 heavy (non-hydrogen) atoms. The van der Waals surface area contributed by atoms with Crippen LogP contribution >= 0.6 is 11.8 Å². The summed E-state index contributed by atoms with van der Waals surface area (Å²) in [6.07, 6.45) is 0. The first-order chi connectivity index (χ1) is 7.17. The Balaban J connectivity index is 2.66. The quantitative estimate of drug-likeness (QED) is 0.628. The second kappa shape index (κ2) is 5.72. The highest BCUT2D eigenvalue weighted by molar-refractivity contribution is 8.00. The maximum Gasteiger partial charge on any atom is 0.315 e. The molecule has 0 atom stereocenters. The van der Waals surface area contributed by atoms with E-state index in [-0.39, 0.29) is 17.5 Å². The summed E-state index contributed by atoms with van der Waals surface area (Å²) in [6, 6.07) is 4.73. The number of nitrogens with two attached hydrogens (primary N) is 1. The molecule has 1 rings (SSSR count). The number of methoxy groups -OCH3 is 1. The lowest BCUT2D eigenvalue weighted by atomic mass is 10.2. The van der Waals surface area contributed by atoms with Gasteiger partial charge in [0.15, 0.2) is 0 Å². The summed E-state index contributed by atoms with van der Waals surface area (Å²) in [5, 5.41) is 0. The summed E-state index contributed by atoms with van der Waals surface area (Å²) in [4.78, 5) is 11.3. The zero-order valence-electron chi connectivity index (χ0n) is 8.33. The van der Waals surface area contributed by atoms with Gasteiger partial charge in [-0.05, 0) is 17.7 Å². The molecule has 0 aliphatic heterocycles. The maximum atomic E-state index is 13.4. The number of thioether (sulfide) groups is 1. The predicted molar refractivity (Wildman–Crippen MR) is 57.0 cm³/mol. The Labute approximate surface area is 91.8 Å². The molecule has 0 unspecified atom stereocenters. The van der Waals surface area contributed by atoms with E-state index in [4.69, 9.17) is 5.73 Å². The van der Waals surface area contributed by atoms with E-state index >= 15 is 0 Å². The summed E-state index contributed by atoms with van der Waals surface area (Å²) in [6.45, 7) is 0.304. The van der Waals surface area contributed by atoms with Crippen molar-refractivity contribution in [2.45, 2.75) is 11.4 Å². The summed E-state index contributed by atoms with van der Waals surface area (Å²) in [5.41, 5.74) is 6.10. The number of carbonyl (C=O) groups excluding carboxylic acids is 1. The van der Waals surface area contributed by atoms with Gasteiger partial charge >= 0.3 is 5.97 Å². The van der Waals surface area contributed by atoms with Gasteiger partial charge in [0.1, 0.15) is 5.82 Å². The highest BCUT2D eigenvalue weighted by Gasteiger charge is 2.07. The van der Waals surface area contributed by atoms with Crippen LogP contribution < -0.4 is 5.73 Å². The van der Waals surface area contributed by atoms with Crippen molar-refractivity contribution < 1.29 is 13.9 Å². The number of halogens is 1. The summed E-state index contributed by atoms with van der Waals surface area (Å²) in [5.74, 6) is -0.621. The van der Waals surface area contributed by atoms with E-state index in [2.05, 4.69) is 4.74 Å². The molecule has 0 fully saturated rings. The highest BCUT2D eigenvalue weighted by atomic mass is 32.2. The van der Waals surface area contributed by atoms with Gasteiger partial charge in [-0.2, -0.15) is 0 Å². The van der Waals surface area contributed by atoms with Gasteiger partial charge in [-0.15, -0.1) is 11.8 Å². The van der Waals surface area contributed by atoms with Gasteiger partial charge in [-0.3, -0.25) is 4.79 Å². The first-order valence-electron chi connectivity index (χ1n) is 4.35. The summed E-state index contributed by atoms with van der Waals surface area (Å²) >= 11 is 1.11. The van der Waals surface area contributed by atoms with Crippen LogP contribution in [0, 0.1) is 5.82 Å². The third-order valence-electron chi connectivity index (χ3n) is 1.81. The molecule has 5 heteroatoms. The fraction of sp³-hybridized carbons (Fsp3) is 0.300. The standard InChI is InChI=1S/C10H12FNO2S/c1-14-10(13)6-15-9-3-2-7(5-12)4-8(9)11/h2-4H,5-6,12H2,1H3. The van der Waals surface area contributed by atoms with E-state index < -0.39 is 0 Å². The molecule has 0 aliphatic rings. The van der Waals surface area contributed by atoms with Crippen LogP contribution in [0.4, 0.5) is 4.39 Å². The molecule has 0 saturated carbocycles. The van der Waals surface area contributed by atoms with Crippen LogP contribution in [-0.4, -0.2) is 18.8 Å². The Hall–Kier alpha value is -1.07. The van der Waals surface area contributed by atoms with Crippen LogP contribution in [0.5, 0.6) is 0 Å². The molecule has 2 N–H and O–H groups in total. The fourth-order valence-electron chi connectivity index (χ4n) is 0.984. The molecule has 0 bridgehead atoms. The van der Waals surface area contributed by atoms with E-state index in [1.54, 1.807) is 12.1 Å². The van der Waals surface area contributed by atoms with Crippen molar-refractivity contribution in [1.82, 2.24) is 0 Å². The van der Waals surface area contributed by atoms with Gasteiger partial charge in [0, 0.05) is 11.4 Å². The molecule has 3 nitrogen and oxygen atoms in total. The minimum atomic E-state index is -0.373. The van der Waals surface area contributed by atoms with Crippen molar-refractivity contribution in [3.8, 4) is 0 Å². The second-order valence-electron chi connectivity index (χ2n) is 2.83. The molecule has 1 aromatic carbocycles. The SMILES string of the molecule is COC(=O)CSc1ccc(CN)cc1F. The molecular weight excluding hydrogens is 217 g/mol. The normalized spacial score (nSPS) is 10.1. The lowest BCUT2D eigenvalue weighted by molar-refractivity contribution is -0.137. The first kappa shape index (κ1) is 12.0. The molecule has 0 aromatic heterocycles. The molecule has 0 radical (unpaired) electrons. The number of ether oxygens (including phenoxy) is 1. The smallest absolute Gasteiger partial charge is 0.315 e. The van der Waals surface area contributed by atoms with Crippen LogP contribution in [0.1, 0.15) is 5.56 Å². The molecule has 1 aromatic rings. The fourth-order valence-corrected chi connectivity index (χ4v) is 1.74. The average molecular weight is 229 g/mol. The Morgan fingerprint density at radius 2 is 2.33 bits per heavy atom. The van der Waals surface area contributed by atoms with Crippen LogP contribution in [0.2, 0.25) is 0 Å². The highest BCUT2D eigenvalue weighted by Crippen LogP contribution is 2.22. The number of hydrogen-bond acceptors (Lipinski definition) is 4. The van der Waals surface area contributed by atoms with E-state index in [9.17, 15) is 9.18 Å². The minimum absolute atomic E-state index is 0.107. The van der Waals surface area contributed by atoms with Crippen molar-refractivity contribution in [3.63, 3.8) is 0 Å². The molecule has 0 heterocycles. The van der Waals surface area contributed by atoms with E-state index in [1.165, 1.54) is 13.2 Å². The van der Waals surface area contributed by atoms with Gasteiger partial charge in [0.05, 0.1) is 12.9 Å². The van der Waals surface area contributed by atoms with Crippen LogP contribution in [0.15, 0.2) is 23.1 Å². The lowest BCUT2D eigenvalue weighted by Gasteiger charge is -2.03. The molecule has 82 valence electrons. The Morgan fingerprint density at radius 1 is 1.60 bits per heavy atom. The van der Waals surface area contributed by atoms with Gasteiger partial charge in [0.25, 0.3) is 0 Å². The Kier molecular flexibility index (Phi) is 4.58. The van der Waals surface area contributed by atoms with Crippen LogP contribution in [0.25, 0.3) is 0 Å². The Morgan fingerprint density at radius 3 is 2.87 bits per heavy atom. The first-order valence-corrected chi connectivity index (χ1v) is 5.34. The van der Waals surface area contributed by atoms with Crippen molar-refractivity contribution >= 4 is 17.7 Å². The monoisotopic (exact) mass is 229 g/mol. The summed E-state index contributed by atoms with van der Waals surface area (Å²) in [7, 11) is 1.30. The van der Waals surface area contributed by atoms with Crippen molar-refractivity contribution in [3.05, 3.63) is 29.6 Å². The predicted octanol–water partition coefficient (Wildman–Crippen LogP) is 1.55. The zero-order chi connectivity index (χ0) is 11.3. The Bertz CT molecular complexity index is 357. The zero-order valence-corrected chi connectivity index (χ0v) is 9.14. The van der Waals surface area contributed by atoms with Crippen LogP contribution in [-0.2, 0) is 16.1 Å². The van der Waals surface area contributed by atoms with Crippen LogP contribution in [0.3, 0.4) is 0 Å². The molecule has 0 spiro atoms. The largest absolute Gasteiger partial charge is 0.468 e. The van der Waals surface area contributed by atoms with Crippen molar-refractivity contribution in [2.24, 2.45) is 5.73 Å². The minimum Gasteiger partial charge on any atom is -0.468 e. The van der Waals surface area contributed by atoms with E-state index in [0.717, 1.165) is 17.3 Å². The lowest BCUT2D eigenvalue weighted by Crippen LogP contribution is -2.03. The van der Waals surface area contributed by atoms with E-state index in [0.29, 0.717) is 11.4 Å². The number of esters is 1. The number of benzene rings is 1. The molecule has 0 saturated heterocycles. The molecule has 0 aliphatic carbocycles. The van der Waals surface area contributed by atoms with Gasteiger partial charge in [0.2, 0.25) is 0 Å². The van der Waals surface area contributed by atoms with Crippen molar-refractivity contribution in [1.29, 1.82) is 0 Å². The second-order valence-corrected chi connectivity index (χ2v) is 3.85. The number of rotatable bonds is 4. The number of hydrogen-bond donors (Lipinski definition) is 1. The van der Waals surface area contributed by atoms with Gasteiger partial charge < -0.3 is 10.5 Å². The third-order valence-corrected chi connectivity index (χ3v) is 2.83. The molecule has 0 amide bonds. The third kappa shape index (κ3) is 3.53. The topological polar surface area (TPSA) is 52.3 Å². The van der Waals surface area contributed by atoms with Gasteiger partial charge in [-0.25, -0.2) is 4.39 Å². The van der Waals surface area contributed by atoms with Gasteiger partial charge in [-0.1, -0.05) is 6.07 Å². The summed E-state index contributed by atoms with van der Waals surface area (Å²) < 4.78 is 17.8. The van der Waals surface area contributed by atoms with Crippen molar-refractivity contribution in [2.75, 3.05) is 12.9 Å². The maximum absolute atomic E-state index is 13.4. The molecular formula is C10H12FNO2S. The average Bonchev–Trinajstić information content (AvgIpc) is 2.26.